The minimum atomic E-state index is -0.781. The summed E-state index contributed by atoms with van der Waals surface area (Å²) in [5, 5.41) is 27.5. The predicted molar refractivity (Wildman–Crippen MR) is 132 cm³/mol. The molecule has 0 fully saturated rings. The van der Waals surface area contributed by atoms with Crippen molar-refractivity contribution in [2.24, 2.45) is 16.0 Å². The van der Waals surface area contributed by atoms with Gasteiger partial charge in [0.2, 0.25) is 0 Å². The molecule has 0 aliphatic rings. The molecule has 4 N–H and O–H groups in total. The van der Waals surface area contributed by atoms with Crippen LogP contribution in [-0.2, 0) is 0 Å². The average Bonchev–Trinajstić information content (AvgIpc) is 3.33. The number of anilines is 1. The Labute approximate surface area is 204 Å². The molecule has 0 spiro atoms. The van der Waals surface area contributed by atoms with Crippen LogP contribution in [0.4, 0.5) is 17.2 Å². The number of hydrogen-bond acceptors (Lipinski definition) is 8. The van der Waals surface area contributed by atoms with Crippen LogP contribution in [0.1, 0.15) is 20.7 Å². The van der Waals surface area contributed by atoms with Gasteiger partial charge in [0.15, 0.2) is 11.6 Å². The first-order valence-electron chi connectivity index (χ1n) is 10.7. The van der Waals surface area contributed by atoms with Gasteiger partial charge in [0, 0.05) is 23.5 Å². The van der Waals surface area contributed by atoms with Crippen molar-refractivity contribution in [1.29, 1.82) is 0 Å². The van der Waals surface area contributed by atoms with Gasteiger partial charge in [0.1, 0.15) is 11.3 Å². The third kappa shape index (κ3) is 4.23. The van der Waals surface area contributed by atoms with Crippen LogP contribution in [0.25, 0.3) is 16.7 Å². The second-order valence-corrected chi connectivity index (χ2v) is 7.57. The quantitative estimate of drug-likeness (QED) is 0.309. The maximum absolute atomic E-state index is 13.0. The second kappa shape index (κ2) is 9.43. The van der Waals surface area contributed by atoms with E-state index >= 15 is 0 Å². The van der Waals surface area contributed by atoms with Crippen LogP contribution in [-0.4, -0.2) is 36.7 Å². The molecule has 11 heteroatoms. The second-order valence-electron chi connectivity index (χ2n) is 7.57. The highest BCUT2D eigenvalue weighted by molar-refractivity contribution is 6.11. The van der Waals surface area contributed by atoms with Gasteiger partial charge in [-0.15, -0.1) is 10.2 Å². The monoisotopic (exact) mass is 478 g/mol. The maximum Gasteiger partial charge on any atom is 0.259 e. The molecule has 0 radical (unpaired) electrons. The largest absolute Gasteiger partial charge is 0.505 e. The first-order valence-corrected chi connectivity index (χ1v) is 10.7. The number of primary amides is 1. The number of carbonyl (C=O) groups excluding carboxylic acids is 2. The number of benzene rings is 3. The molecule has 0 saturated heterocycles. The lowest BCUT2D eigenvalue weighted by molar-refractivity contribution is 0.0997. The third-order valence-corrected chi connectivity index (χ3v) is 5.27. The predicted octanol–water partition coefficient (Wildman–Crippen LogP) is 4.29. The molecule has 0 unspecified atom stereocenters. The number of carbonyl (C=O) groups is 2. The smallest absolute Gasteiger partial charge is 0.259 e. The van der Waals surface area contributed by atoms with Gasteiger partial charge < -0.3 is 16.2 Å². The number of amides is 2. The zero-order valence-electron chi connectivity index (χ0n) is 18.6. The fourth-order valence-corrected chi connectivity index (χ4v) is 3.57. The molecule has 2 amide bonds. The molecular formula is C25H18N8O3. The average molecular weight is 478 g/mol. The van der Waals surface area contributed by atoms with Crippen molar-refractivity contribution in [1.82, 2.24) is 19.7 Å². The van der Waals surface area contributed by atoms with Gasteiger partial charge in [0.25, 0.3) is 17.8 Å². The van der Waals surface area contributed by atoms with Crippen molar-refractivity contribution < 1.29 is 14.7 Å². The molecule has 0 saturated carbocycles. The fourth-order valence-electron chi connectivity index (χ4n) is 3.57. The zero-order valence-corrected chi connectivity index (χ0v) is 18.6. The summed E-state index contributed by atoms with van der Waals surface area (Å²) in [7, 11) is 0. The number of nitrogens with two attached hydrogens (primary N) is 1. The van der Waals surface area contributed by atoms with Gasteiger partial charge in [-0.2, -0.15) is 9.78 Å². The lowest BCUT2D eigenvalue weighted by Gasteiger charge is -2.11. The minimum Gasteiger partial charge on any atom is -0.505 e. The number of rotatable bonds is 6. The van der Waals surface area contributed by atoms with Crippen LogP contribution >= 0.6 is 0 Å². The molecule has 0 bridgehead atoms. The van der Waals surface area contributed by atoms with E-state index in [4.69, 9.17) is 5.73 Å². The lowest BCUT2D eigenvalue weighted by Crippen LogP contribution is -2.12. The fraction of sp³-hybridized carbons (Fsp3) is 0. The van der Waals surface area contributed by atoms with Crippen molar-refractivity contribution in [2.45, 2.75) is 0 Å². The van der Waals surface area contributed by atoms with Crippen LogP contribution in [0.15, 0.2) is 95.5 Å². The van der Waals surface area contributed by atoms with Crippen LogP contribution in [0.3, 0.4) is 0 Å². The first-order chi connectivity index (χ1) is 17.5. The van der Waals surface area contributed by atoms with E-state index in [0.717, 1.165) is 0 Å². The van der Waals surface area contributed by atoms with Crippen LogP contribution in [0, 0.1) is 0 Å². The number of hydrogen-bond donors (Lipinski definition) is 3. The van der Waals surface area contributed by atoms with Crippen molar-refractivity contribution in [3.05, 3.63) is 96.4 Å². The summed E-state index contributed by atoms with van der Waals surface area (Å²) in [5.41, 5.74) is 6.07. The summed E-state index contributed by atoms with van der Waals surface area (Å²) in [6.07, 6.45) is 4.24. The molecule has 176 valence electrons. The normalized spacial score (nSPS) is 11.1. The molecule has 36 heavy (non-hydrogen) atoms. The van der Waals surface area contributed by atoms with Crippen molar-refractivity contribution in [3.63, 3.8) is 0 Å². The van der Waals surface area contributed by atoms with Gasteiger partial charge in [-0.3, -0.25) is 9.59 Å². The van der Waals surface area contributed by atoms with Gasteiger partial charge in [-0.1, -0.05) is 42.5 Å². The maximum atomic E-state index is 13.0. The number of phenols is 1. The molecular weight excluding hydrogens is 460 g/mol. The van der Waals surface area contributed by atoms with E-state index in [9.17, 15) is 14.7 Å². The van der Waals surface area contributed by atoms with Gasteiger partial charge in [-0.05, 0) is 29.7 Å². The highest BCUT2D eigenvalue weighted by atomic mass is 16.3. The summed E-state index contributed by atoms with van der Waals surface area (Å²) in [4.78, 5) is 33.2. The SMILES string of the molecule is NC(=O)c1cnn(-c2ncccn2)c1N=Nc1c(O)c(C(=O)Nc2ccccc2)cc2ccccc12. The summed E-state index contributed by atoms with van der Waals surface area (Å²) >= 11 is 0. The van der Waals surface area contributed by atoms with Gasteiger partial charge in [-0.25, -0.2) is 9.97 Å². The Morgan fingerprint density at radius 1 is 0.917 bits per heavy atom. The van der Waals surface area contributed by atoms with Crippen LogP contribution in [0.5, 0.6) is 5.75 Å². The standard InChI is InChI=1S/C25H18N8O3/c26-22(35)19-14-29-33(25-27-11-6-12-28-25)23(19)32-31-20-17-10-5-4-7-15(17)13-18(21(20)34)24(36)30-16-8-2-1-3-9-16/h1-14,34H,(H2,26,35)(H,30,36). The molecule has 0 atom stereocenters. The van der Waals surface area contributed by atoms with Crippen molar-refractivity contribution in [2.75, 3.05) is 5.32 Å². The third-order valence-electron chi connectivity index (χ3n) is 5.27. The Balaban J connectivity index is 1.63. The van der Waals surface area contributed by atoms with Gasteiger partial charge >= 0.3 is 0 Å². The number of aromatic hydroxyl groups is 1. The lowest BCUT2D eigenvalue weighted by atomic mass is 10.0. The van der Waals surface area contributed by atoms with Crippen molar-refractivity contribution in [3.8, 4) is 11.7 Å². The van der Waals surface area contributed by atoms with E-state index in [2.05, 4.69) is 30.6 Å². The molecule has 2 heterocycles. The molecule has 3 aromatic carbocycles. The zero-order chi connectivity index (χ0) is 25.1. The topological polar surface area (TPSA) is 161 Å². The van der Waals surface area contributed by atoms with Gasteiger partial charge in [0.05, 0.1) is 11.8 Å². The molecule has 11 nitrogen and oxygen atoms in total. The summed E-state index contributed by atoms with van der Waals surface area (Å²) in [6, 6.07) is 19.1. The van der Waals surface area contributed by atoms with E-state index < -0.39 is 11.8 Å². The van der Waals surface area contributed by atoms with E-state index in [1.54, 1.807) is 60.7 Å². The Hall–Kier alpha value is -5.45. The molecule has 5 rings (SSSR count). The van der Waals surface area contributed by atoms with E-state index in [-0.39, 0.29) is 34.3 Å². The molecule has 0 aliphatic carbocycles. The number of phenolic OH excluding ortho intramolecular Hbond substituents is 1. The van der Waals surface area contributed by atoms with E-state index in [1.165, 1.54) is 23.3 Å². The number of nitrogens with one attached hydrogen (secondary N) is 1. The summed E-state index contributed by atoms with van der Waals surface area (Å²) in [6.45, 7) is 0. The number of aromatic nitrogens is 4. The number of para-hydroxylation sites is 1. The summed E-state index contributed by atoms with van der Waals surface area (Å²) in [5.74, 6) is -1.58. The number of nitrogens with zero attached hydrogens (tertiary/aromatic N) is 6. The van der Waals surface area contributed by atoms with Crippen LogP contribution in [0.2, 0.25) is 0 Å². The molecule has 2 aromatic heterocycles. The Kier molecular flexibility index (Phi) is 5.85. The number of fused-ring (bicyclic) bond motifs is 1. The first kappa shape index (κ1) is 22.3. The Morgan fingerprint density at radius 2 is 1.64 bits per heavy atom. The van der Waals surface area contributed by atoms with Crippen LogP contribution < -0.4 is 11.1 Å². The summed E-state index contributed by atoms with van der Waals surface area (Å²) < 4.78 is 1.20. The Morgan fingerprint density at radius 3 is 2.39 bits per heavy atom. The van der Waals surface area contributed by atoms with E-state index in [0.29, 0.717) is 16.5 Å². The van der Waals surface area contributed by atoms with Crippen molar-refractivity contribution >= 4 is 39.8 Å². The highest BCUT2D eigenvalue weighted by Crippen LogP contribution is 2.40. The minimum absolute atomic E-state index is 0.00141. The Bertz CT molecular complexity index is 1620. The molecule has 5 aromatic rings. The number of azo groups is 1. The highest BCUT2D eigenvalue weighted by Gasteiger charge is 2.21. The van der Waals surface area contributed by atoms with E-state index in [1.807, 2.05) is 6.07 Å². The molecule has 0 aliphatic heterocycles.